The average Bonchev–Trinajstić information content (AvgIpc) is 2.44. The summed E-state index contributed by atoms with van der Waals surface area (Å²) in [7, 11) is 0. The minimum atomic E-state index is -0.171. The second-order valence-corrected chi connectivity index (χ2v) is 4.69. The van der Waals surface area contributed by atoms with Crippen LogP contribution < -0.4 is 5.43 Å². The molecule has 2 N–H and O–H groups in total. The average molecular weight is 277 g/mol. The van der Waals surface area contributed by atoms with Gasteiger partial charge in [-0.1, -0.05) is 12.1 Å². The molecule has 1 saturated heterocycles. The molecule has 0 aliphatic carbocycles. The van der Waals surface area contributed by atoms with Crippen LogP contribution in [0.5, 0.6) is 5.75 Å². The molecule has 1 aliphatic heterocycles. The molecule has 2 rings (SSSR count). The van der Waals surface area contributed by atoms with E-state index < -0.39 is 0 Å². The van der Waals surface area contributed by atoms with E-state index in [2.05, 4.69) is 10.5 Å². The first-order valence-corrected chi connectivity index (χ1v) is 6.57. The number of amides is 1. The zero-order chi connectivity index (χ0) is 14.4. The number of para-hydroxylation sites is 1. The first-order valence-electron chi connectivity index (χ1n) is 6.57. The van der Waals surface area contributed by atoms with Crippen molar-refractivity contribution in [3.8, 4) is 5.75 Å². The molecule has 1 fully saturated rings. The summed E-state index contributed by atoms with van der Waals surface area (Å²) in [5.41, 5.74) is 3.81. The fraction of sp³-hybridized carbons (Fsp3) is 0.429. The summed E-state index contributed by atoms with van der Waals surface area (Å²) in [6.07, 6.45) is 1.44. The number of nitrogens with one attached hydrogen (secondary N) is 1. The summed E-state index contributed by atoms with van der Waals surface area (Å²) in [5, 5.41) is 13.7. The van der Waals surface area contributed by atoms with E-state index in [1.165, 1.54) is 6.21 Å². The third-order valence-corrected chi connectivity index (χ3v) is 3.13. The van der Waals surface area contributed by atoms with Crippen molar-refractivity contribution in [2.24, 2.45) is 5.10 Å². The van der Waals surface area contributed by atoms with Gasteiger partial charge in [0.15, 0.2) is 0 Å². The van der Waals surface area contributed by atoms with Crippen molar-refractivity contribution in [3.63, 3.8) is 0 Å². The van der Waals surface area contributed by atoms with E-state index in [9.17, 15) is 9.90 Å². The van der Waals surface area contributed by atoms with Crippen LogP contribution >= 0.6 is 0 Å². The van der Waals surface area contributed by atoms with E-state index >= 15 is 0 Å². The van der Waals surface area contributed by atoms with Crippen molar-refractivity contribution < 1.29 is 14.6 Å². The number of hydrazone groups is 1. The normalized spacial score (nSPS) is 16.4. The molecule has 1 heterocycles. The van der Waals surface area contributed by atoms with Crippen LogP contribution in [0, 0.1) is 6.92 Å². The molecule has 6 heteroatoms. The number of nitrogens with zero attached hydrogens (tertiary/aromatic N) is 2. The zero-order valence-electron chi connectivity index (χ0n) is 11.5. The molecule has 0 unspecified atom stereocenters. The quantitative estimate of drug-likeness (QED) is 0.620. The molecule has 20 heavy (non-hydrogen) atoms. The summed E-state index contributed by atoms with van der Waals surface area (Å²) in [5.74, 6) is 0.00831. The Balaban J connectivity index is 1.83. The molecular formula is C14H19N3O3. The SMILES string of the molecule is Cc1cccc(C=NNC(=O)CN2CCOCC2)c1O. The van der Waals surface area contributed by atoms with Crippen LogP contribution in [0.3, 0.4) is 0 Å². The number of benzene rings is 1. The lowest BCUT2D eigenvalue weighted by molar-refractivity contribution is -0.123. The van der Waals surface area contributed by atoms with Gasteiger partial charge in [0.1, 0.15) is 5.75 Å². The van der Waals surface area contributed by atoms with Gasteiger partial charge in [0.2, 0.25) is 0 Å². The highest BCUT2D eigenvalue weighted by molar-refractivity contribution is 5.85. The Kier molecular flexibility index (Phi) is 5.09. The molecule has 6 nitrogen and oxygen atoms in total. The van der Waals surface area contributed by atoms with Gasteiger partial charge in [-0.15, -0.1) is 0 Å². The predicted octanol–water partition coefficient (Wildman–Crippen LogP) is 0.483. The first-order chi connectivity index (χ1) is 9.66. The van der Waals surface area contributed by atoms with Gasteiger partial charge in [0.05, 0.1) is 26.0 Å². The molecule has 0 bridgehead atoms. The third-order valence-electron chi connectivity index (χ3n) is 3.13. The van der Waals surface area contributed by atoms with Gasteiger partial charge in [-0.05, 0) is 18.6 Å². The first kappa shape index (κ1) is 14.5. The number of aromatic hydroxyl groups is 1. The topological polar surface area (TPSA) is 74.2 Å². The Labute approximate surface area is 118 Å². The van der Waals surface area contributed by atoms with E-state index in [0.717, 1.165) is 18.7 Å². The molecule has 0 radical (unpaired) electrons. The number of hydrogen-bond donors (Lipinski definition) is 2. The van der Waals surface area contributed by atoms with Gasteiger partial charge in [-0.3, -0.25) is 9.69 Å². The highest BCUT2D eigenvalue weighted by atomic mass is 16.5. The number of aryl methyl sites for hydroxylation is 1. The molecule has 0 atom stereocenters. The number of rotatable bonds is 4. The lowest BCUT2D eigenvalue weighted by Crippen LogP contribution is -2.42. The summed E-state index contributed by atoms with van der Waals surface area (Å²) in [4.78, 5) is 13.7. The number of ether oxygens (including phenoxy) is 1. The molecule has 0 saturated carbocycles. The molecule has 1 amide bonds. The molecule has 108 valence electrons. The number of hydrogen-bond acceptors (Lipinski definition) is 5. The van der Waals surface area contributed by atoms with Crippen molar-refractivity contribution in [1.29, 1.82) is 0 Å². The molecule has 0 spiro atoms. The van der Waals surface area contributed by atoms with E-state index in [1.54, 1.807) is 6.07 Å². The van der Waals surface area contributed by atoms with E-state index in [4.69, 9.17) is 4.74 Å². The van der Waals surface area contributed by atoms with Crippen LogP contribution in [0.25, 0.3) is 0 Å². The highest BCUT2D eigenvalue weighted by Crippen LogP contribution is 2.19. The standard InChI is InChI=1S/C14H19N3O3/c1-11-3-2-4-12(14(11)19)9-15-16-13(18)10-17-5-7-20-8-6-17/h2-4,9,19H,5-8,10H2,1H3,(H,16,18). The van der Waals surface area contributed by atoms with Crippen molar-refractivity contribution in [3.05, 3.63) is 29.3 Å². The number of carbonyl (C=O) groups excluding carboxylic acids is 1. The van der Waals surface area contributed by atoms with E-state index in [-0.39, 0.29) is 11.7 Å². The Hall–Kier alpha value is -1.92. The fourth-order valence-electron chi connectivity index (χ4n) is 1.96. The van der Waals surface area contributed by atoms with Gasteiger partial charge in [-0.25, -0.2) is 5.43 Å². The third kappa shape index (κ3) is 4.04. The van der Waals surface area contributed by atoms with Crippen LogP contribution in [-0.4, -0.2) is 55.0 Å². The molecule has 0 aromatic heterocycles. The Morgan fingerprint density at radius 2 is 2.25 bits per heavy atom. The second kappa shape index (κ2) is 7.02. The lowest BCUT2D eigenvalue weighted by atomic mass is 10.1. The molecule has 1 aromatic rings. The Morgan fingerprint density at radius 1 is 1.50 bits per heavy atom. The number of phenols is 1. The molecule has 1 aromatic carbocycles. The summed E-state index contributed by atoms with van der Waals surface area (Å²) < 4.78 is 5.21. The Bertz CT molecular complexity index is 496. The van der Waals surface area contributed by atoms with Crippen molar-refractivity contribution >= 4 is 12.1 Å². The number of phenolic OH excluding ortho intramolecular Hbond substituents is 1. The smallest absolute Gasteiger partial charge is 0.254 e. The van der Waals surface area contributed by atoms with Crippen LogP contribution in [0.1, 0.15) is 11.1 Å². The largest absolute Gasteiger partial charge is 0.507 e. The van der Waals surface area contributed by atoms with Crippen molar-refractivity contribution in [2.45, 2.75) is 6.92 Å². The van der Waals surface area contributed by atoms with E-state index in [0.29, 0.717) is 25.3 Å². The van der Waals surface area contributed by atoms with Gasteiger partial charge >= 0.3 is 0 Å². The van der Waals surface area contributed by atoms with Gasteiger partial charge in [0, 0.05) is 18.7 Å². The minimum Gasteiger partial charge on any atom is -0.507 e. The zero-order valence-corrected chi connectivity index (χ0v) is 11.5. The summed E-state index contributed by atoms with van der Waals surface area (Å²) in [6, 6.07) is 5.37. The lowest BCUT2D eigenvalue weighted by Gasteiger charge is -2.25. The maximum absolute atomic E-state index is 11.7. The highest BCUT2D eigenvalue weighted by Gasteiger charge is 2.13. The van der Waals surface area contributed by atoms with Crippen molar-refractivity contribution in [1.82, 2.24) is 10.3 Å². The maximum Gasteiger partial charge on any atom is 0.254 e. The maximum atomic E-state index is 11.7. The Morgan fingerprint density at radius 3 is 3.00 bits per heavy atom. The van der Waals surface area contributed by atoms with Gasteiger partial charge in [-0.2, -0.15) is 5.10 Å². The van der Waals surface area contributed by atoms with E-state index in [1.807, 2.05) is 24.0 Å². The summed E-state index contributed by atoms with van der Waals surface area (Å²) in [6.45, 7) is 4.96. The second-order valence-electron chi connectivity index (χ2n) is 4.69. The summed E-state index contributed by atoms with van der Waals surface area (Å²) >= 11 is 0. The fourth-order valence-corrected chi connectivity index (χ4v) is 1.96. The molecule has 1 aliphatic rings. The monoisotopic (exact) mass is 277 g/mol. The van der Waals surface area contributed by atoms with Crippen LogP contribution in [-0.2, 0) is 9.53 Å². The predicted molar refractivity (Wildman–Crippen MR) is 75.8 cm³/mol. The van der Waals surface area contributed by atoms with Gasteiger partial charge < -0.3 is 9.84 Å². The van der Waals surface area contributed by atoms with Crippen LogP contribution in [0.4, 0.5) is 0 Å². The number of carbonyl (C=O) groups is 1. The van der Waals surface area contributed by atoms with Crippen molar-refractivity contribution in [2.75, 3.05) is 32.8 Å². The minimum absolute atomic E-state index is 0.171. The number of morpholine rings is 1. The molecular weight excluding hydrogens is 258 g/mol. The van der Waals surface area contributed by atoms with Crippen LogP contribution in [0.2, 0.25) is 0 Å². The van der Waals surface area contributed by atoms with Crippen LogP contribution in [0.15, 0.2) is 23.3 Å². The van der Waals surface area contributed by atoms with Gasteiger partial charge in [0.25, 0.3) is 5.91 Å².